The van der Waals surface area contributed by atoms with Gasteiger partial charge in [0.15, 0.2) is 0 Å². The zero-order valence-electron chi connectivity index (χ0n) is 18.5. The lowest BCUT2D eigenvalue weighted by Crippen LogP contribution is -2.44. The molecule has 1 atom stereocenters. The van der Waals surface area contributed by atoms with Gasteiger partial charge in [-0.1, -0.05) is 18.2 Å². The molecule has 32 heavy (non-hydrogen) atoms. The number of nitrogens with one attached hydrogen (secondary N) is 1. The van der Waals surface area contributed by atoms with Crippen LogP contribution in [-0.2, 0) is 10.3 Å². The number of aromatic nitrogens is 4. The van der Waals surface area contributed by atoms with Gasteiger partial charge >= 0.3 is 0 Å². The summed E-state index contributed by atoms with van der Waals surface area (Å²) in [5.41, 5.74) is 4.43. The lowest BCUT2D eigenvalue weighted by molar-refractivity contribution is 0.0786. The molecule has 1 fully saturated rings. The fourth-order valence-corrected chi connectivity index (χ4v) is 4.24. The largest absolute Gasteiger partial charge is 0.386 e. The lowest BCUT2D eigenvalue weighted by atomic mass is 9.93. The first-order valence-electron chi connectivity index (χ1n) is 10.9. The average molecular weight is 430 g/mol. The molecule has 1 aromatic carbocycles. The van der Waals surface area contributed by atoms with E-state index in [-0.39, 0.29) is 6.04 Å². The summed E-state index contributed by atoms with van der Waals surface area (Å²) in [5.74, 6) is 0.894. The summed E-state index contributed by atoms with van der Waals surface area (Å²) in [4.78, 5) is 12.0. The third kappa shape index (κ3) is 3.74. The number of H-pyrrole nitrogens is 1. The summed E-state index contributed by atoms with van der Waals surface area (Å²) in [5, 5.41) is 18.7. The van der Waals surface area contributed by atoms with E-state index in [4.69, 9.17) is 9.72 Å². The number of hydrogen-bond donors (Lipinski definition) is 2. The molecule has 0 radical (unpaired) electrons. The van der Waals surface area contributed by atoms with E-state index in [9.17, 15) is 5.11 Å². The van der Waals surface area contributed by atoms with E-state index in [1.165, 1.54) is 0 Å². The van der Waals surface area contributed by atoms with Crippen molar-refractivity contribution >= 4 is 16.7 Å². The zero-order valence-corrected chi connectivity index (χ0v) is 18.5. The smallest absolute Gasteiger partial charge is 0.130 e. The maximum atomic E-state index is 10.6. The van der Waals surface area contributed by atoms with Crippen molar-refractivity contribution in [3.8, 4) is 22.5 Å². The number of hydrogen-bond acceptors (Lipinski definition) is 6. The highest BCUT2D eigenvalue weighted by Crippen LogP contribution is 2.36. The summed E-state index contributed by atoms with van der Waals surface area (Å²) in [6.07, 6.45) is 3.53. The van der Waals surface area contributed by atoms with Crippen molar-refractivity contribution in [3.05, 3.63) is 60.4 Å². The molecule has 164 valence electrons. The normalized spacial score (nSPS) is 17.1. The van der Waals surface area contributed by atoms with Crippen LogP contribution in [0, 0.1) is 0 Å². The first kappa shape index (κ1) is 20.6. The maximum Gasteiger partial charge on any atom is 0.130 e. The number of aliphatic hydroxyl groups is 1. The molecule has 4 heterocycles. The van der Waals surface area contributed by atoms with Crippen molar-refractivity contribution in [2.45, 2.75) is 32.4 Å². The zero-order chi connectivity index (χ0) is 22.3. The molecular formula is C25H27N5O2. The Kier molecular flexibility index (Phi) is 5.15. The number of pyridine rings is 2. The molecule has 0 saturated carbocycles. The van der Waals surface area contributed by atoms with Crippen molar-refractivity contribution in [2.75, 3.05) is 24.7 Å². The highest BCUT2D eigenvalue weighted by Gasteiger charge is 2.24. The molecule has 0 aliphatic carbocycles. The first-order valence-corrected chi connectivity index (χ1v) is 10.9. The van der Waals surface area contributed by atoms with Gasteiger partial charge in [-0.15, -0.1) is 0 Å². The van der Waals surface area contributed by atoms with Crippen LogP contribution in [0.15, 0.2) is 54.9 Å². The number of benzene rings is 1. The topological polar surface area (TPSA) is 87.2 Å². The van der Waals surface area contributed by atoms with Gasteiger partial charge in [-0.25, -0.2) is 4.98 Å². The van der Waals surface area contributed by atoms with Crippen LogP contribution in [-0.4, -0.2) is 51.1 Å². The van der Waals surface area contributed by atoms with Gasteiger partial charge in [0.2, 0.25) is 0 Å². The monoisotopic (exact) mass is 429 g/mol. The molecular weight excluding hydrogens is 402 g/mol. The minimum atomic E-state index is -0.928. The third-order valence-electron chi connectivity index (χ3n) is 6.01. The van der Waals surface area contributed by atoms with Gasteiger partial charge in [-0.05, 0) is 61.7 Å². The van der Waals surface area contributed by atoms with E-state index in [0.717, 1.165) is 51.3 Å². The van der Waals surface area contributed by atoms with Crippen molar-refractivity contribution in [1.29, 1.82) is 0 Å². The molecule has 4 aromatic rings. The Labute approximate surface area is 187 Å². The summed E-state index contributed by atoms with van der Waals surface area (Å²) < 4.78 is 5.65. The van der Waals surface area contributed by atoms with Crippen LogP contribution in [0.25, 0.3) is 33.4 Å². The Morgan fingerprint density at radius 3 is 2.78 bits per heavy atom. The molecule has 2 N–H and O–H groups in total. The Morgan fingerprint density at radius 1 is 1.16 bits per heavy atom. The Bertz CT molecular complexity index is 1250. The summed E-state index contributed by atoms with van der Waals surface area (Å²) in [6.45, 7) is 7.88. The van der Waals surface area contributed by atoms with Gasteiger partial charge in [0.25, 0.3) is 0 Å². The van der Waals surface area contributed by atoms with Gasteiger partial charge in [0.1, 0.15) is 17.0 Å². The number of aromatic amines is 1. The van der Waals surface area contributed by atoms with E-state index in [1.54, 1.807) is 26.2 Å². The van der Waals surface area contributed by atoms with Crippen molar-refractivity contribution in [3.63, 3.8) is 0 Å². The van der Waals surface area contributed by atoms with Crippen LogP contribution < -0.4 is 4.90 Å². The molecule has 1 aliphatic rings. The van der Waals surface area contributed by atoms with Gasteiger partial charge in [0.05, 0.1) is 30.6 Å². The van der Waals surface area contributed by atoms with E-state index in [1.807, 2.05) is 24.3 Å². The van der Waals surface area contributed by atoms with Crippen molar-refractivity contribution < 1.29 is 9.84 Å². The SMILES string of the molecule is CC1COCCN1c1cc(-c2cccc(C(C)(C)O)c2)c2ccnc(-c3ccn[nH]3)c2n1. The summed E-state index contributed by atoms with van der Waals surface area (Å²) >= 11 is 0. The molecule has 0 spiro atoms. The molecule has 1 unspecified atom stereocenters. The molecule has 7 heteroatoms. The van der Waals surface area contributed by atoms with Gasteiger partial charge in [-0.2, -0.15) is 5.10 Å². The molecule has 1 saturated heterocycles. The molecule has 5 rings (SSSR count). The second-order valence-electron chi connectivity index (χ2n) is 8.81. The lowest BCUT2D eigenvalue weighted by Gasteiger charge is -2.34. The molecule has 3 aromatic heterocycles. The fraction of sp³-hybridized carbons (Fsp3) is 0.320. The second kappa shape index (κ2) is 8.00. The number of anilines is 1. The molecule has 0 amide bonds. The van der Waals surface area contributed by atoms with Crippen LogP contribution in [0.3, 0.4) is 0 Å². The summed E-state index contributed by atoms with van der Waals surface area (Å²) in [6, 6.07) is 14.3. The Hall–Kier alpha value is -3.29. The molecule has 1 aliphatic heterocycles. The Balaban J connectivity index is 1.77. The van der Waals surface area contributed by atoms with E-state index < -0.39 is 5.60 Å². The van der Waals surface area contributed by atoms with Crippen LogP contribution in [0.5, 0.6) is 0 Å². The average Bonchev–Trinajstić information content (AvgIpc) is 3.32. The number of morpholine rings is 1. The van der Waals surface area contributed by atoms with Crippen LogP contribution in [0.2, 0.25) is 0 Å². The number of nitrogens with zero attached hydrogens (tertiary/aromatic N) is 4. The second-order valence-corrected chi connectivity index (χ2v) is 8.81. The fourth-order valence-electron chi connectivity index (χ4n) is 4.24. The summed E-state index contributed by atoms with van der Waals surface area (Å²) in [7, 11) is 0. The standard InChI is InChI=1S/C25H27N5O2/c1-16-15-32-12-11-30(16)22-14-20(17-5-4-6-18(13-17)25(2,3)31)19-7-9-26-24(23(19)28-22)21-8-10-27-29-21/h4-10,13-14,16,31H,11-12,15H2,1-3H3,(H,27,29). The quantitative estimate of drug-likeness (QED) is 0.507. The number of fused-ring (bicyclic) bond motifs is 1. The maximum absolute atomic E-state index is 10.6. The van der Waals surface area contributed by atoms with Crippen LogP contribution in [0.4, 0.5) is 5.82 Å². The van der Waals surface area contributed by atoms with Crippen molar-refractivity contribution in [2.24, 2.45) is 0 Å². The predicted octanol–water partition coefficient (Wildman–Crippen LogP) is 4.14. The molecule has 7 nitrogen and oxygen atoms in total. The molecule has 0 bridgehead atoms. The van der Waals surface area contributed by atoms with Gasteiger partial charge in [0, 0.05) is 24.3 Å². The Morgan fingerprint density at radius 2 is 2.03 bits per heavy atom. The van der Waals surface area contributed by atoms with Gasteiger partial charge in [-0.3, -0.25) is 10.1 Å². The van der Waals surface area contributed by atoms with Gasteiger partial charge < -0.3 is 14.7 Å². The van der Waals surface area contributed by atoms with Crippen molar-refractivity contribution in [1.82, 2.24) is 20.2 Å². The van der Waals surface area contributed by atoms with E-state index in [2.05, 4.69) is 45.2 Å². The van der Waals surface area contributed by atoms with E-state index >= 15 is 0 Å². The first-order chi connectivity index (χ1) is 15.4. The number of ether oxygens (including phenoxy) is 1. The van der Waals surface area contributed by atoms with Crippen LogP contribution in [0.1, 0.15) is 26.3 Å². The van der Waals surface area contributed by atoms with E-state index in [0.29, 0.717) is 13.2 Å². The highest BCUT2D eigenvalue weighted by molar-refractivity contribution is 6.01. The highest BCUT2D eigenvalue weighted by atomic mass is 16.5. The van der Waals surface area contributed by atoms with Crippen LogP contribution >= 0.6 is 0 Å². The predicted molar refractivity (Wildman–Crippen MR) is 125 cm³/mol. The minimum absolute atomic E-state index is 0.219. The third-order valence-corrected chi connectivity index (χ3v) is 6.01. The minimum Gasteiger partial charge on any atom is -0.386 e. The number of rotatable bonds is 4.